The summed E-state index contributed by atoms with van der Waals surface area (Å²) in [6, 6.07) is 5.17. The first kappa shape index (κ1) is 55.0. The number of hydrogen-bond acceptors (Lipinski definition) is 12. The lowest BCUT2D eigenvalue weighted by atomic mass is 9.91. The standard InChI is InChI=1S/2C19H28N4O3.C14H24N4O2/c2*1-11-7-8-22(18(25)26-19(4,5)6)15(9-11)14-10-16-20-13(3)12(2)17(24)23(16)21-14;1-9-5-6-18(13(19)20-14(2,3)4)11(7-9)10-8-12(15)17-16-10/h2*10-11,15,21H,7-9H2,1-6H3;8-9,11H,5-7H2,1-4H3,(H3,15,16,17)/t11-,15+;11-,15-;/m10./s1. The van der Waals surface area contributed by atoms with E-state index in [9.17, 15) is 24.0 Å². The fraction of sp³-hybridized carbons (Fsp3) is 0.654. The Labute approximate surface area is 422 Å². The van der Waals surface area contributed by atoms with Crippen molar-refractivity contribution in [1.82, 2.24) is 54.1 Å². The number of carbonyl (C=O) groups is 3. The van der Waals surface area contributed by atoms with E-state index in [1.165, 1.54) is 9.03 Å². The van der Waals surface area contributed by atoms with E-state index in [-0.39, 0.29) is 47.5 Å². The molecule has 396 valence electrons. The highest BCUT2D eigenvalue weighted by atomic mass is 16.6. The summed E-state index contributed by atoms with van der Waals surface area (Å²) in [5.41, 5.74) is 10.2. The van der Waals surface area contributed by atoms with Crippen molar-refractivity contribution in [3.05, 3.63) is 78.5 Å². The molecule has 20 heteroatoms. The number of anilines is 1. The van der Waals surface area contributed by atoms with Gasteiger partial charge < -0.3 is 19.9 Å². The molecule has 8 heterocycles. The van der Waals surface area contributed by atoms with Crippen LogP contribution < -0.4 is 16.9 Å². The van der Waals surface area contributed by atoms with Gasteiger partial charge in [0.15, 0.2) is 11.3 Å². The number of carbonyl (C=O) groups excluding carboxylic acids is 3. The molecular formula is C52H80N12O8. The molecule has 3 fully saturated rings. The van der Waals surface area contributed by atoms with Crippen molar-refractivity contribution in [2.75, 3.05) is 25.4 Å². The van der Waals surface area contributed by atoms with Gasteiger partial charge in [-0.3, -0.25) is 39.6 Å². The molecule has 3 aliphatic rings. The van der Waals surface area contributed by atoms with Crippen molar-refractivity contribution in [2.45, 2.75) is 184 Å². The van der Waals surface area contributed by atoms with Crippen LogP contribution in [0.15, 0.2) is 27.8 Å². The van der Waals surface area contributed by atoms with Crippen LogP contribution in [0.3, 0.4) is 0 Å². The van der Waals surface area contributed by atoms with Gasteiger partial charge in [-0.1, -0.05) is 20.8 Å². The van der Waals surface area contributed by atoms with E-state index in [4.69, 9.17) is 19.9 Å². The molecule has 3 saturated heterocycles. The number of H-pyrrole nitrogens is 3. The second kappa shape index (κ2) is 21.4. The zero-order valence-corrected chi connectivity index (χ0v) is 45.5. The van der Waals surface area contributed by atoms with Crippen LogP contribution in [0.5, 0.6) is 0 Å². The van der Waals surface area contributed by atoms with E-state index < -0.39 is 16.8 Å². The molecule has 8 rings (SSSR count). The van der Waals surface area contributed by atoms with Gasteiger partial charge in [0, 0.05) is 60.3 Å². The molecule has 5 N–H and O–H groups in total. The van der Waals surface area contributed by atoms with Crippen molar-refractivity contribution in [2.24, 2.45) is 17.8 Å². The Bertz CT molecular complexity index is 2710. The first-order chi connectivity index (χ1) is 33.4. The second-order valence-corrected chi connectivity index (χ2v) is 23.3. The van der Waals surface area contributed by atoms with E-state index in [1.807, 2.05) is 88.3 Å². The van der Waals surface area contributed by atoms with Crippen LogP contribution in [0, 0.1) is 45.4 Å². The Morgan fingerprint density at radius 2 is 0.875 bits per heavy atom. The Kier molecular flexibility index (Phi) is 16.3. The number of nitrogens with zero attached hydrogens (tertiary/aromatic N) is 8. The smallest absolute Gasteiger partial charge is 0.410 e. The van der Waals surface area contributed by atoms with E-state index in [2.05, 4.69) is 51.1 Å². The van der Waals surface area contributed by atoms with Crippen LogP contribution in [0.2, 0.25) is 0 Å². The van der Waals surface area contributed by atoms with Gasteiger partial charge >= 0.3 is 18.3 Å². The number of nitrogen functional groups attached to an aromatic ring is 1. The third kappa shape index (κ3) is 13.4. The number of aromatic nitrogens is 8. The average Bonchev–Trinajstić information content (AvgIpc) is 4.02. The molecular weight excluding hydrogens is 921 g/mol. The summed E-state index contributed by atoms with van der Waals surface area (Å²) in [7, 11) is 0. The number of nitrogens with two attached hydrogens (primary N) is 1. The van der Waals surface area contributed by atoms with Crippen molar-refractivity contribution < 1.29 is 28.6 Å². The van der Waals surface area contributed by atoms with Crippen LogP contribution in [-0.4, -0.2) is 109 Å². The molecule has 20 nitrogen and oxygen atoms in total. The molecule has 3 aliphatic heterocycles. The minimum Gasteiger partial charge on any atom is -0.444 e. The number of amides is 3. The lowest BCUT2D eigenvalue weighted by Gasteiger charge is -2.38. The molecule has 6 atom stereocenters. The third-order valence-electron chi connectivity index (χ3n) is 13.4. The van der Waals surface area contributed by atoms with Gasteiger partial charge in [-0.05, 0) is 146 Å². The predicted octanol–water partition coefficient (Wildman–Crippen LogP) is 9.40. The number of piperidine rings is 3. The Morgan fingerprint density at radius 3 is 1.17 bits per heavy atom. The summed E-state index contributed by atoms with van der Waals surface area (Å²) in [5.74, 6) is 1.97. The van der Waals surface area contributed by atoms with Crippen molar-refractivity contribution >= 4 is 35.4 Å². The van der Waals surface area contributed by atoms with Gasteiger partial charge in [-0.15, -0.1) is 0 Å². The maximum atomic E-state index is 12.7. The fourth-order valence-electron chi connectivity index (χ4n) is 9.27. The molecule has 0 aromatic carbocycles. The molecule has 0 spiro atoms. The Hall–Kier alpha value is -6.34. The van der Waals surface area contributed by atoms with Crippen molar-refractivity contribution in [1.29, 1.82) is 0 Å². The van der Waals surface area contributed by atoms with Crippen LogP contribution in [-0.2, 0) is 14.2 Å². The van der Waals surface area contributed by atoms with Gasteiger partial charge in [-0.25, -0.2) is 33.4 Å². The highest BCUT2D eigenvalue weighted by Gasteiger charge is 2.38. The maximum absolute atomic E-state index is 12.7. The summed E-state index contributed by atoms with van der Waals surface area (Å²) < 4.78 is 19.6. The number of aryl methyl sites for hydroxylation is 2. The van der Waals surface area contributed by atoms with Crippen LogP contribution in [0.4, 0.5) is 20.2 Å². The monoisotopic (exact) mass is 1000 g/mol. The Balaban J connectivity index is 0.000000178. The van der Waals surface area contributed by atoms with Gasteiger partial charge in [0.05, 0.1) is 35.2 Å². The molecule has 5 aromatic rings. The molecule has 72 heavy (non-hydrogen) atoms. The molecule has 3 amide bonds. The zero-order chi connectivity index (χ0) is 53.4. The van der Waals surface area contributed by atoms with Gasteiger partial charge in [-0.2, -0.15) is 5.10 Å². The number of aromatic amines is 3. The lowest BCUT2D eigenvalue weighted by molar-refractivity contribution is 0.00350. The summed E-state index contributed by atoms with van der Waals surface area (Å²) in [4.78, 5) is 77.0. The number of hydrogen-bond donors (Lipinski definition) is 4. The summed E-state index contributed by atoms with van der Waals surface area (Å²) in [6.07, 6.45) is 4.47. The van der Waals surface area contributed by atoms with Gasteiger partial charge in [0.25, 0.3) is 11.1 Å². The largest absolute Gasteiger partial charge is 0.444 e. The van der Waals surface area contributed by atoms with E-state index in [0.29, 0.717) is 65.6 Å². The van der Waals surface area contributed by atoms with E-state index in [0.717, 1.165) is 67.0 Å². The number of likely N-dealkylation sites (tertiary alicyclic amines) is 3. The fourth-order valence-corrected chi connectivity index (χ4v) is 9.27. The number of ether oxygens (including phenoxy) is 3. The minimum atomic E-state index is -0.544. The molecule has 5 aromatic heterocycles. The summed E-state index contributed by atoms with van der Waals surface area (Å²) in [5, 5.41) is 13.2. The zero-order valence-electron chi connectivity index (χ0n) is 45.5. The summed E-state index contributed by atoms with van der Waals surface area (Å²) in [6.45, 7) is 32.5. The van der Waals surface area contributed by atoms with Gasteiger partial charge in [0.2, 0.25) is 0 Å². The molecule has 2 unspecified atom stereocenters. The second-order valence-electron chi connectivity index (χ2n) is 23.3. The highest BCUT2D eigenvalue weighted by molar-refractivity contribution is 5.70. The number of fused-ring (bicyclic) bond motifs is 2. The minimum absolute atomic E-state index is 0.0431. The Morgan fingerprint density at radius 1 is 0.556 bits per heavy atom. The van der Waals surface area contributed by atoms with Crippen molar-refractivity contribution in [3.63, 3.8) is 0 Å². The van der Waals surface area contributed by atoms with Crippen molar-refractivity contribution in [3.8, 4) is 0 Å². The third-order valence-corrected chi connectivity index (χ3v) is 13.4. The molecule has 0 radical (unpaired) electrons. The average molecular weight is 1000 g/mol. The van der Waals surface area contributed by atoms with Gasteiger partial charge in [0.1, 0.15) is 22.6 Å². The maximum Gasteiger partial charge on any atom is 0.410 e. The predicted molar refractivity (Wildman–Crippen MR) is 276 cm³/mol. The number of rotatable bonds is 3. The first-order valence-electron chi connectivity index (χ1n) is 25.4. The normalized spacial score (nSPS) is 21.9. The highest BCUT2D eigenvalue weighted by Crippen LogP contribution is 2.37. The van der Waals surface area contributed by atoms with Crippen LogP contribution in [0.25, 0.3) is 11.3 Å². The molecule has 0 saturated carbocycles. The SMILES string of the molecule is CC1CCN(C(=O)OC(C)(C)C)C(c2cc(N)n[nH]2)C1.Cc1nc2cc([C@@H]3C[C@@H](C)CCN3C(=O)OC(C)(C)C)[nH]n2c(=O)c1C.Cc1nc2cc([C@@H]3C[C@H](C)CCN3C(=O)OC(C)(C)C)[nH]n2c(=O)c1C. The van der Waals surface area contributed by atoms with E-state index >= 15 is 0 Å². The van der Waals surface area contributed by atoms with E-state index in [1.54, 1.807) is 34.6 Å². The lowest BCUT2D eigenvalue weighted by Crippen LogP contribution is -2.43. The molecule has 0 aliphatic carbocycles. The first-order valence-corrected chi connectivity index (χ1v) is 25.4. The number of nitrogens with one attached hydrogen (secondary N) is 3. The van der Waals surface area contributed by atoms with Crippen LogP contribution in [0.1, 0.15) is 179 Å². The quantitative estimate of drug-likeness (QED) is 0.124. The summed E-state index contributed by atoms with van der Waals surface area (Å²) >= 11 is 0. The van der Waals surface area contributed by atoms with Crippen LogP contribution >= 0.6 is 0 Å². The molecule has 0 bridgehead atoms. The topological polar surface area (TPSA) is 244 Å².